The monoisotopic (exact) mass is 424 g/mol. The smallest absolute Gasteiger partial charge is 0.335 e. The maximum Gasteiger partial charge on any atom is 0.335 e. The molecule has 0 radical (unpaired) electrons. The number of carboxylic acid groups (broad SMARTS) is 1. The zero-order valence-electron chi connectivity index (χ0n) is 11.1. The van der Waals surface area contributed by atoms with E-state index in [2.05, 4.69) is 31.9 Å². The van der Waals surface area contributed by atoms with Crippen LogP contribution in [0.4, 0.5) is 0 Å². The molecule has 0 atom stereocenters. The minimum Gasteiger partial charge on any atom is -0.506 e. The molecule has 0 heterocycles. The third-order valence-electron chi connectivity index (χ3n) is 2.88. The van der Waals surface area contributed by atoms with Crippen LogP contribution in [-0.2, 0) is 0 Å². The molecule has 0 amide bonds. The minimum absolute atomic E-state index is 0.126. The van der Waals surface area contributed by atoms with Gasteiger partial charge in [0.2, 0.25) is 0 Å². The third-order valence-corrected chi connectivity index (χ3v) is 3.94. The Balaban J connectivity index is 2.23. The summed E-state index contributed by atoms with van der Waals surface area (Å²) in [6, 6.07) is 9.29. The largest absolute Gasteiger partial charge is 0.506 e. The van der Waals surface area contributed by atoms with E-state index >= 15 is 0 Å². The van der Waals surface area contributed by atoms with Crippen molar-refractivity contribution in [1.29, 1.82) is 0 Å². The second kappa shape index (κ2) is 6.89. The fourth-order valence-electron chi connectivity index (χ4n) is 1.75. The van der Waals surface area contributed by atoms with Gasteiger partial charge in [-0.15, -0.1) is 0 Å². The number of halogens is 2. The van der Waals surface area contributed by atoms with E-state index in [4.69, 9.17) is 5.11 Å². The highest BCUT2D eigenvalue weighted by Crippen LogP contribution is 2.32. The van der Waals surface area contributed by atoms with E-state index in [1.54, 1.807) is 24.3 Å². The van der Waals surface area contributed by atoms with Gasteiger partial charge in [-0.2, -0.15) is 0 Å². The molecule has 0 saturated heterocycles. The predicted molar refractivity (Wildman–Crippen MR) is 90.3 cm³/mol. The molecule has 0 aromatic heterocycles. The summed E-state index contributed by atoms with van der Waals surface area (Å²) in [7, 11) is 0. The van der Waals surface area contributed by atoms with Crippen LogP contribution in [0, 0.1) is 0 Å². The molecule has 22 heavy (non-hydrogen) atoms. The molecule has 0 aliphatic heterocycles. The molecule has 0 unspecified atom stereocenters. The Morgan fingerprint density at radius 2 is 1.68 bits per heavy atom. The Kier molecular flexibility index (Phi) is 5.15. The normalized spacial score (nSPS) is 10.8. The van der Waals surface area contributed by atoms with Gasteiger partial charge in [-0.05, 0) is 51.8 Å². The van der Waals surface area contributed by atoms with E-state index < -0.39 is 5.97 Å². The zero-order valence-corrected chi connectivity index (χ0v) is 14.3. The number of phenols is 1. The van der Waals surface area contributed by atoms with Crippen LogP contribution in [0.15, 0.2) is 51.4 Å². The molecule has 0 aliphatic rings. The van der Waals surface area contributed by atoms with Crippen molar-refractivity contribution < 1.29 is 19.8 Å². The van der Waals surface area contributed by atoms with Crippen LogP contribution >= 0.6 is 31.9 Å². The highest BCUT2D eigenvalue weighted by molar-refractivity contribution is 9.11. The first-order valence-electron chi connectivity index (χ1n) is 6.12. The second-order valence-corrected chi connectivity index (χ2v) is 6.18. The molecule has 4 nitrogen and oxygen atoms in total. The van der Waals surface area contributed by atoms with E-state index in [-0.39, 0.29) is 22.7 Å². The number of phenolic OH excluding ortho intramolecular Hbond substituents is 1. The minimum atomic E-state index is -1.00. The van der Waals surface area contributed by atoms with Crippen molar-refractivity contribution in [1.82, 2.24) is 0 Å². The number of hydrogen-bond donors (Lipinski definition) is 2. The molecule has 112 valence electrons. The number of rotatable bonds is 4. The summed E-state index contributed by atoms with van der Waals surface area (Å²) in [5.41, 5.74) is 1.03. The fourth-order valence-corrected chi connectivity index (χ4v) is 2.98. The first-order chi connectivity index (χ1) is 10.4. The lowest BCUT2D eigenvalue weighted by Gasteiger charge is -2.04. The van der Waals surface area contributed by atoms with Crippen molar-refractivity contribution in [2.24, 2.45) is 0 Å². The van der Waals surface area contributed by atoms with Gasteiger partial charge in [0.05, 0.1) is 15.6 Å². The van der Waals surface area contributed by atoms with Crippen molar-refractivity contribution in [3.05, 3.63) is 68.1 Å². The number of carbonyl (C=O) groups is 2. The van der Waals surface area contributed by atoms with Crippen molar-refractivity contribution in [3.8, 4) is 5.75 Å². The van der Waals surface area contributed by atoms with Crippen LogP contribution in [-0.4, -0.2) is 22.0 Å². The number of carboxylic acids is 1. The molecule has 0 bridgehead atoms. The average molecular weight is 426 g/mol. The van der Waals surface area contributed by atoms with Gasteiger partial charge in [0.1, 0.15) is 5.75 Å². The average Bonchev–Trinajstić information content (AvgIpc) is 2.48. The molecule has 0 saturated carbocycles. The summed E-state index contributed by atoms with van der Waals surface area (Å²) < 4.78 is 1.09. The first-order valence-corrected chi connectivity index (χ1v) is 7.71. The van der Waals surface area contributed by atoms with Crippen LogP contribution in [0.1, 0.15) is 26.3 Å². The SMILES string of the molecule is O=C(O)c1ccc(C=CC(=O)c2cc(Br)cc(Br)c2O)cc1. The summed E-state index contributed by atoms with van der Waals surface area (Å²) in [5, 5.41) is 18.7. The maximum absolute atomic E-state index is 12.1. The molecule has 2 aromatic rings. The van der Waals surface area contributed by atoms with Gasteiger partial charge in [-0.25, -0.2) is 4.79 Å². The van der Waals surface area contributed by atoms with Gasteiger partial charge in [0, 0.05) is 4.47 Å². The van der Waals surface area contributed by atoms with Crippen molar-refractivity contribution in [2.45, 2.75) is 0 Å². The molecule has 6 heteroatoms. The van der Waals surface area contributed by atoms with Gasteiger partial charge in [-0.1, -0.05) is 34.1 Å². The highest BCUT2D eigenvalue weighted by atomic mass is 79.9. The number of benzene rings is 2. The number of ketones is 1. The van der Waals surface area contributed by atoms with Crippen LogP contribution in [0.2, 0.25) is 0 Å². The maximum atomic E-state index is 12.1. The number of aromatic hydroxyl groups is 1. The Morgan fingerprint density at radius 3 is 2.27 bits per heavy atom. The molecular formula is C16H10Br2O4. The van der Waals surface area contributed by atoms with Gasteiger partial charge in [-0.3, -0.25) is 4.79 Å². The van der Waals surface area contributed by atoms with Gasteiger partial charge in [0.15, 0.2) is 5.78 Å². The van der Waals surface area contributed by atoms with E-state index in [0.717, 1.165) is 0 Å². The molecule has 2 N–H and O–H groups in total. The molecule has 0 spiro atoms. The molecule has 0 fully saturated rings. The lowest BCUT2D eigenvalue weighted by atomic mass is 10.1. The summed E-state index contributed by atoms with van der Waals surface area (Å²) in [4.78, 5) is 22.9. The fraction of sp³-hybridized carbons (Fsp3) is 0. The molecule has 0 aliphatic carbocycles. The Hall–Kier alpha value is -1.92. The van der Waals surface area contributed by atoms with E-state index in [0.29, 0.717) is 14.5 Å². The van der Waals surface area contributed by atoms with E-state index in [1.165, 1.54) is 24.3 Å². The number of aromatic carboxylic acids is 1. The van der Waals surface area contributed by atoms with E-state index in [1.807, 2.05) is 0 Å². The highest BCUT2D eigenvalue weighted by Gasteiger charge is 2.12. The van der Waals surface area contributed by atoms with E-state index in [9.17, 15) is 14.7 Å². The van der Waals surface area contributed by atoms with Crippen molar-refractivity contribution >= 4 is 49.7 Å². The van der Waals surface area contributed by atoms with Gasteiger partial charge in [0.25, 0.3) is 0 Å². The van der Waals surface area contributed by atoms with Crippen molar-refractivity contribution in [3.63, 3.8) is 0 Å². The number of carbonyl (C=O) groups excluding carboxylic acids is 1. The second-order valence-electron chi connectivity index (χ2n) is 4.41. The predicted octanol–water partition coefficient (Wildman–Crippen LogP) is 4.51. The lowest BCUT2D eigenvalue weighted by molar-refractivity contribution is 0.0696. The Bertz CT molecular complexity index is 764. The standard InChI is InChI=1S/C16H10Br2O4/c17-11-7-12(15(20)13(18)8-11)14(19)6-3-9-1-4-10(5-2-9)16(21)22/h1-8,20H,(H,21,22). The van der Waals surface area contributed by atoms with Gasteiger partial charge >= 0.3 is 5.97 Å². The van der Waals surface area contributed by atoms with Crippen LogP contribution in [0.3, 0.4) is 0 Å². The summed E-state index contributed by atoms with van der Waals surface area (Å²) in [5.74, 6) is -1.49. The third kappa shape index (κ3) is 3.84. The van der Waals surface area contributed by atoms with Crippen LogP contribution < -0.4 is 0 Å². The Labute approximate surface area is 143 Å². The van der Waals surface area contributed by atoms with Crippen LogP contribution in [0.5, 0.6) is 5.75 Å². The Morgan fingerprint density at radius 1 is 1.05 bits per heavy atom. The lowest BCUT2D eigenvalue weighted by Crippen LogP contribution is -1.96. The van der Waals surface area contributed by atoms with Crippen LogP contribution in [0.25, 0.3) is 6.08 Å². The summed E-state index contributed by atoms with van der Waals surface area (Å²) in [6.45, 7) is 0. The zero-order chi connectivity index (χ0) is 16.3. The molecule has 2 aromatic carbocycles. The molecular weight excluding hydrogens is 416 g/mol. The number of hydrogen-bond acceptors (Lipinski definition) is 3. The van der Waals surface area contributed by atoms with Gasteiger partial charge < -0.3 is 10.2 Å². The molecule has 2 rings (SSSR count). The summed E-state index contributed by atoms with van der Waals surface area (Å²) >= 11 is 6.43. The summed E-state index contributed by atoms with van der Waals surface area (Å²) in [6.07, 6.45) is 2.88. The van der Waals surface area contributed by atoms with Crippen molar-refractivity contribution in [2.75, 3.05) is 0 Å². The topological polar surface area (TPSA) is 74.6 Å². The quantitative estimate of drug-likeness (QED) is 0.558. The first kappa shape index (κ1) is 16.5. The number of allylic oxidation sites excluding steroid dienone is 1.